The van der Waals surface area contributed by atoms with Crippen LogP contribution in [0.25, 0.3) is 0 Å². The van der Waals surface area contributed by atoms with Gasteiger partial charge in [-0.2, -0.15) is 10.1 Å². The van der Waals surface area contributed by atoms with Crippen molar-refractivity contribution >= 4 is 23.7 Å². The smallest absolute Gasteiger partial charge is 0.229 e. The van der Waals surface area contributed by atoms with Crippen LogP contribution in [-0.2, 0) is 7.05 Å². The van der Waals surface area contributed by atoms with E-state index in [0.717, 1.165) is 17.9 Å². The van der Waals surface area contributed by atoms with Crippen molar-refractivity contribution in [1.82, 2.24) is 19.7 Å². The molecular weight excluding hydrogens is 314 g/mol. The molecule has 1 unspecified atom stereocenters. The molecule has 3 N–H and O–H groups in total. The first-order valence-electron chi connectivity index (χ1n) is 9.09. The minimum absolute atomic E-state index is 0.389. The SMILES string of the molecule is CCC(Nc1nc(Nc2cnn(C)c2)ncc1C=N)C1CCCCC1. The number of hydrogen-bond acceptors (Lipinski definition) is 6. The summed E-state index contributed by atoms with van der Waals surface area (Å²) in [4.78, 5) is 8.92. The van der Waals surface area contributed by atoms with E-state index >= 15 is 0 Å². The molecule has 7 heteroatoms. The largest absolute Gasteiger partial charge is 0.366 e. The molecule has 1 aliphatic rings. The maximum absolute atomic E-state index is 7.65. The minimum Gasteiger partial charge on any atom is -0.366 e. The van der Waals surface area contributed by atoms with Gasteiger partial charge in [0.05, 0.1) is 17.4 Å². The molecule has 0 saturated heterocycles. The molecule has 7 nitrogen and oxygen atoms in total. The van der Waals surface area contributed by atoms with Gasteiger partial charge in [0.15, 0.2) is 0 Å². The number of hydrogen-bond donors (Lipinski definition) is 3. The first-order chi connectivity index (χ1) is 12.2. The van der Waals surface area contributed by atoms with Crippen molar-refractivity contribution < 1.29 is 0 Å². The Bertz CT molecular complexity index is 703. The van der Waals surface area contributed by atoms with Gasteiger partial charge in [-0.3, -0.25) is 4.68 Å². The molecule has 25 heavy (non-hydrogen) atoms. The standard InChI is InChI=1S/C18H27N7/c1-3-16(13-7-5-4-6-8-13)23-17-14(9-19)10-20-18(24-17)22-15-11-21-25(2)12-15/h9-13,16,19H,3-8H2,1-2H3,(H2,20,22,23,24). The predicted molar refractivity (Wildman–Crippen MR) is 101 cm³/mol. The number of aryl methyl sites for hydroxylation is 1. The zero-order chi connectivity index (χ0) is 17.6. The van der Waals surface area contributed by atoms with Crippen LogP contribution in [0.5, 0.6) is 0 Å². The summed E-state index contributed by atoms with van der Waals surface area (Å²) in [6.45, 7) is 2.21. The van der Waals surface area contributed by atoms with Crippen LogP contribution in [0, 0.1) is 11.3 Å². The highest BCUT2D eigenvalue weighted by molar-refractivity contribution is 5.84. The van der Waals surface area contributed by atoms with Gasteiger partial charge in [-0.1, -0.05) is 26.2 Å². The van der Waals surface area contributed by atoms with Gasteiger partial charge in [-0.25, -0.2) is 4.98 Å². The van der Waals surface area contributed by atoms with E-state index < -0.39 is 0 Å². The van der Waals surface area contributed by atoms with Crippen molar-refractivity contribution in [2.24, 2.45) is 13.0 Å². The summed E-state index contributed by atoms with van der Waals surface area (Å²) >= 11 is 0. The third kappa shape index (κ3) is 4.35. The molecule has 0 aromatic carbocycles. The quantitative estimate of drug-likeness (QED) is 0.668. The van der Waals surface area contributed by atoms with Crippen LogP contribution >= 0.6 is 0 Å². The Morgan fingerprint density at radius 1 is 1.32 bits per heavy atom. The van der Waals surface area contributed by atoms with E-state index in [0.29, 0.717) is 23.5 Å². The highest BCUT2D eigenvalue weighted by Gasteiger charge is 2.23. The van der Waals surface area contributed by atoms with Crippen LogP contribution in [0.1, 0.15) is 51.0 Å². The molecule has 1 aliphatic carbocycles. The molecule has 0 aliphatic heterocycles. The van der Waals surface area contributed by atoms with E-state index in [1.807, 2.05) is 13.2 Å². The lowest BCUT2D eigenvalue weighted by Gasteiger charge is -2.31. The monoisotopic (exact) mass is 341 g/mol. The molecule has 2 heterocycles. The van der Waals surface area contributed by atoms with Gasteiger partial charge in [0.2, 0.25) is 5.95 Å². The van der Waals surface area contributed by atoms with Crippen LogP contribution in [-0.4, -0.2) is 32.0 Å². The molecule has 1 atom stereocenters. The van der Waals surface area contributed by atoms with E-state index in [1.54, 1.807) is 17.1 Å². The number of nitrogens with zero attached hydrogens (tertiary/aromatic N) is 4. The number of aromatic nitrogens is 4. The van der Waals surface area contributed by atoms with Crippen LogP contribution in [0.2, 0.25) is 0 Å². The maximum Gasteiger partial charge on any atom is 0.229 e. The normalized spacial score (nSPS) is 16.4. The van der Waals surface area contributed by atoms with Crippen molar-refractivity contribution in [2.45, 2.75) is 51.5 Å². The van der Waals surface area contributed by atoms with E-state index in [9.17, 15) is 0 Å². The molecule has 2 aromatic heterocycles. The summed E-state index contributed by atoms with van der Waals surface area (Å²) in [5.41, 5.74) is 1.56. The lowest BCUT2D eigenvalue weighted by Crippen LogP contribution is -2.31. The molecule has 0 bridgehead atoms. The zero-order valence-corrected chi connectivity index (χ0v) is 15.0. The zero-order valence-electron chi connectivity index (χ0n) is 15.0. The Kier molecular flexibility index (Phi) is 5.63. The Morgan fingerprint density at radius 2 is 2.12 bits per heavy atom. The molecule has 2 aromatic rings. The molecule has 134 valence electrons. The van der Waals surface area contributed by atoms with E-state index in [-0.39, 0.29) is 0 Å². The van der Waals surface area contributed by atoms with Gasteiger partial charge >= 0.3 is 0 Å². The third-order valence-corrected chi connectivity index (χ3v) is 4.91. The van der Waals surface area contributed by atoms with Crippen LogP contribution in [0.4, 0.5) is 17.5 Å². The summed E-state index contributed by atoms with van der Waals surface area (Å²) in [6, 6.07) is 0.389. The predicted octanol–water partition coefficient (Wildman–Crippen LogP) is 3.72. The van der Waals surface area contributed by atoms with Gasteiger partial charge in [0, 0.05) is 31.7 Å². The lowest BCUT2D eigenvalue weighted by molar-refractivity contribution is 0.312. The number of rotatable bonds is 7. The second kappa shape index (κ2) is 8.09. The van der Waals surface area contributed by atoms with Crippen molar-refractivity contribution in [3.63, 3.8) is 0 Å². The molecular formula is C18H27N7. The summed E-state index contributed by atoms with van der Waals surface area (Å²) in [6.07, 6.45) is 14.2. The maximum atomic E-state index is 7.65. The average Bonchev–Trinajstić information content (AvgIpc) is 3.05. The van der Waals surface area contributed by atoms with E-state index in [2.05, 4.69) is 32.6 Å². The minimum atomic E-state index is 0.389. The van der Waals surface area contributed by atoms with Crippen molar-refractivity contribution in [2.75, 3.05) is 10.6 Å². The molecule has 1 saturated carbocycles. The second-order valence-corrected chi connectivity index (χ2v) is 6.73. The molecule has 0 spiro atoms. The molecule has 0 radical (unpaired) electrons. The number of anilines is 3. The van der Waals surface area contributed by atoms with Crippen LogP contribution < -0.4 is 10.6 Å². The molecule has 3 rings (SSSR count). The number of nitrogens with one attached hydrogen (secondary N) is 3. The fourth-order valence-corrected chi connectivity index (χ4v) is 3.55. The lowest BCUT2D eigenvalue weighted by atomic mass is 9.83. The highest BCUT2D eigenvalue weighted by atomic mass is 15.3. The second-order valence-electron chi connectivity index (χ2n) is 6.73. The first-order valence-corrected chi connectivity index (χ1v) is 9.09. The van der Waals surface area contributed by atoms with Gasteiger partial charge in [0.1, 0.15) is 5.82 Å². The van der Waals surface area contributed by atoms with Crippen molar-refractivity contribution in [3.05, 3.63) is 24.2 Å². The van der Waals surface area contributed by atoms with Crippen LogP contribution in [0.3, 0.4) is 0 Å². The summed E-state index contributed by atoms with van der Waals surface area (Å²) < 4.78 is 1.73. The molecule has 1 fully saturated rings. The fraction of sp³-hybridized carbons (Fsp3) is 0.556. The Balaban J connectivity index is 1.77. The molecule has 0 amide bonds. The van der Waals surface area contributed by atoms with E-state index in [1.165, 1.54) is 38.3 Å². The van der Waals surface area contributed by atoms with Crippen molar-refractivity contribution in [1.29, 1.82) is 5.41 Å². The topological polar surface area (TPSA) is 91.5 Å². The summed E-state index contributed by atoms with van der Waals surface area (Å²) in [5.74, 6) is 1.93. The Morgan fingerprint density at radius 3 is 2.76 bits per heavy atom. The third-order valence-electron chi connectivity index (χ3n) is 4.91. The van der Waals surface area contributed by atoms with Crippen LogP contribution in [0.15, 0.2) is 18.6 Å². The average molecular weight is 341 g/mol. The first kappa shape index (κ1) is 17.4. The summed E-state index contributed by atoms with van der Waals surface area (Å²) in [5, 5.41) is 18.5. The van der Waals surface area contributed by atoms with Gasteiger partial charge < -0.3 is 16.0 Å². The Labute approximate surface area is 148 Å². The van der Waals surface area contributed by atoms with E-state index in [4.69, 9.17) is 5.41 Å². The fourth-order valence-electron chi connectivity index (χ4n) is 3.55. The Hall–Kier alpha value is -2.44. The highest BCUT2D eigenvalue weighted by Crippen LogP contribution is 2.30. The van der Waals surface area contributed by atoms with Gasteiger partial charge in [0.25, 0.3) is 0 Å². The van der Waals surface area contributed by atoms with Gasteiger partial charge in [-0.05, 0) is 25.2 Å². The van der Waals surface area contributed by atoms with Crippen molar-refractivity contribution in [3.8, 4) is 0 Å². The van der Waals surface area contributed by atoms with Gasteiger partial charge in [-0.15, -0.1) is 0 Å². The summed E-state index contributed by atoms with van der Waals surface area (Å²) in [7, 11) is 1.87.